The molecule has 132 valence electrons. The van der Waals surface area contributed by atoms with Gasteiger partial charge in [-0.25, -0.2) is 4.79 Å². The third-order valence-electron chi connectivity index (χ3n) is 4.18. The van der Waals surface area contributed by atoms with Gasteiger partial charge < -0.3 is 19.9 Å². The first-order chi connectivity index (χ1) is 11.1. The van der Waals surface area contributed by atoms with Gasteiger partial charge in [-0.15, -0.1) is 0 Å². The SMILES string of the molecule is CC(Oc1cccc(C(C)(C)C)c1)C(=O)NC1(C(=O)O)CCOC1. The molecule has 2 atom stereocenters. The van der Waals surface area contributed by atoms with E-state index in [1.54, 1.807) is 13.0 Å². The maximum Gasteiger partial charge on any atom is 0.331 e. The molecule has 1 heterocycles. The zero-order valence-electron chi connectivity index (χ0n) is 14.6. The first-order valence-corrected chi connectivity index (χ1v) is 8.04. The van der Waals surface area contributed by atoms with E-state index in [9.17, 15) is 14.7 Å². The lowest BCUT2D eigenvalue weighted by Gasteiger charge is -2.26. The van der Waals surface area contributed by atoms with Crippen LogP contribution in [0.25, 0.3) is 0 Å². The van der Waals surface area contributed by atoms with Crippen LogP contribution in [0.3, 0.4) is 0 Å². The number of carboxylic acids is 1. The van der Waals surface area contributed by atoms with Crippen LogP contribution in [0.15, 0.2) is 24.3 Å². The standard InChI is InChI=1S/C18H25NO5/c1-12(15(20)19-18(16(21)22)8-9-23-11-18)24-14-7-5-6-13(10-14)17(2,3)4/h5-7,10,12H,8-9,11H2,1-4H3,(H,19,20)(H,21,22). The average molecular weight is 335 g/mol. The zero-order chi connectivity index (χ0) is 18.0. The molecule has 6 heteroatoms. The number of hydrogen-bond acceptors (Lipinski definition) is 4. The summed E-state index contributed by atoms with van der Waals surface area (Å²) in [6.07, 6.45) is -0.558. The van der Waals surface area contributed by atoms with Crippen molar-refractivity contribution in [2.24, 2.45) is 0 Å². The summed E-state index contributed by atoms with van der Waals surface area (Å²) in [5, 5.41) is 11.9. The minimum atomic E-state index is -1.36. The van der Waals surface area contributed by atoms with Crippen LogP contribution in [0.1, 0.15) is 39.7 Å². The van der Waals surface area contributed by atoms with E-state index in [4.69, 9.17) is 9.47 Å². The predicted octanol–water partition coefficient (Wildman–Crippen LogP) is 2.11. The Morgan fingerprint density at radius 1 is 1.38 bits per heavy atom. The Labute approximate surface area is 142 Å². The minimum absolute atomic E-state index is 0.0275. The molecule has 1 aliphatic rings. The molecule has 2 rings (SSSR count). The van der Waals surface area contributed by atoms with E-state index in [2.05, 4.69) is 26.1 Å². The number of ether oxygens (including phenoxy) is 2. The van der Waals surface area contributed by atoms with Gasteiger partial charge in [0, 0.05) is 13.0 Å². The maximum absolute atomic E-state index is 12.3. The maximum atomic E-state index is 12.3. The van der Waals surface area contributed by atoms with E-state index < -0.39 is 23.5 Å². The molecule has 6 nitrogen and oxygen atoms in total. The highest BCUT2D eigenvalue weighted by molar-refractivity contribution is 5.89. The quantitative estimate of drug-likeness (QED) is 0.861. The summed E-state index contributed by atoms with van der Waals surface area (Å²) in [4.78, 5) is 23.8. The molecule has 1 aliphatic heterocycles. The van der Waals surface area contributed by atoms with Crippen molar-refractivity contribution in [2.45, 2.75) is 51.2 Å². The molecule has 0 bridgehead atoms. The smallest absolute Gasteiger partial charge is 0.331 e. The molecule has 1 aromatic rings. The fraction of sp³-hybridized carbons (Fsp3) is 0.556. The fourth-order valence-corrected chi connectivity index (χ4v) is 2.52. The molecule has 0 spiro atoms. The number of carboxylic acid groups (broad SMARTS) is 1. The third-order valence-corrected chi connectivity index (χ3v) is 4.18. The second kappa shape index (κ2) is 6.81. The van der Waals surface area contributed by atoms with Crippen molar-refractivity contribution < 1.29 is 24.2 Å². The second-order valence-electron chi connectivity index (χ2n) is 7.22. The second-order valence-corrected chi connectivity index (χ2v) is 7.22. The van der Waals surface area contributed by atoms with Crippen LogP contribution in [-0.4, -0.2) is 41.8 Å². The van der Waals surface area contributed by atoms with Crippen molar-refractivity contribution >= 4 is 11.9 Å². The van der Waals surface area contributed by atoms with E-state index in [1.807, 2.05) is 18.2 Å². The first-order valence-electron chi connectivity index (χ1n) is 8.04. The van der Waals surface area contributed by atoms with Crippen LogP contribution >= 0.6 is 0 Å². The summed E-state index contributed by atoms with van der Waals surface area (Å²) in [7, 11) is 0. The van der Waals surface area contributed by atoms with Gasteiger partial charge in [0.1, 0.15) is 5.75 Å². The van der Waals surface area contributed by atoms with Gasteiger partial charge in [-0.1, -0.05) is 32.9 Å². The van der Waals surface area contributed by atoms with E-state index in [0.29, 0.717) is 12.4 Å². The van der Waals surface area contributed by atoms with Crippen molar-refractivity contribution in [3.05, 3.63) is 29.8 Å². The molecular formula is C18H25NO5. The molecule has 24 heavy (non-hydrogen) atoms. The molecular weight excluding hydrogens is 310 g/mol. The van der Waals surface area contributed by atoms with Gasteiger partial charge in [-0.2, -0.15) is 0 Å². The van der Waals surface area contributed by atoms with E-state index in [0.717, 1.165) is 5.56 Å². The molecule has 0 aliphatic carbocycles. The number of carbonyl (C=O) groups excluding carboxylic acids is 1. The summed E-state index contributed by atoms with van der Waals surface area (Å²) in [6.45, 7) is 8.18. The lowest BCUT2D eigenvalue weighted by Crippen LogP contribution is -2.57. The Hall–Kier alpha value is -2.08. The van der Waals surface area contributed by atoms with Gasteiger partial charge in [0.15, 0.2) is 11.6 Å². The summed E-state index contributed by atoms with van der Waals surface area (Å²) in [5.41, 5.74) is -0.291. The lowest BCUT2D eigenvalue weighted by molar-refractivity contribution is -0.148. The third kappa shape index (κ3) is 4.06. The van der Waals surface area contributed by atoms with E-state index in [-0.39, 0.29) is 18.4 Å². The Balaban J connectivity index is 2.05. The predicted molar refractivity (Wildman–Crippen MR) is 89.2 cm³/mol. The average Bonchev–Trinajstić information content (AvgIpc) is 2.96. The Kier molecular flexibility index (Phi) is 5.18. The molecule has 2 unspecified atom stereocenters. The van der Waals surface area contributed by atoms with Crippen LogP contribution in [0.2, 0.25) is 0 Å². The topological polar surface area (TPSA) is 84.9 Å². The Morgan fingerprint density at radius 2 is 2.08 bits per heavy atom. The van der Waals surface area contributed by atoms with Crippen LogP contribution in [0.4, 0.5) is 0 Å². The van der Waals surface area contributed by atoms with Crippen LogP contribution in [-0.2, 0) is 19.7 Å². The van der Waals surface area contributed by atoms with Crippen molar-refractivity contribution in [3.8, 4) is 5.75 Å². The monoisotopic (exact) mass is 335 g/mol. The fourth-order valence-electron chi connectivity index (χ4n) is 2.52. The normalized spacial score (nSPS) is 22.0. The zero-order valence-corrected chi connectivity index (χ0v) is 14.6. The summed E-state index contributed by atoms with van der Waals surface area (Å²) in [5.74, 6) is -0.975. The number of benzene rings is 1. The lowest BCUT2D eigenvalue weighted by atomic mass is 9.87. The van der Waals surface area contributed by atoms with Crippen LogP contribution < -0.4 is 10.1 Å². The van der Waals surface area contributed by atoms with Gasteiger partial charge in [0.05, 0.1) is 6.61 Å². The van der Waals surface area contributed by atoms with Gasteiger partial charge >= 0.3 is 5.97 Å². The van der Waals surface area contributed by atoms with Crippen LogP contribution in [0, 0.1) is 0 Å². The molecule has 2 N–H and O–H groups in total. The highest BCUT2D eigenvalue weighted by Gasteiger charge is 2.44. The molecule has 1 aromatic carbocycles. The number of rotatable bonds is 5. The molecule has 1 saturated heterocycles. The van der Waals surface area contributed by atoms with Crippen LogP contribution in [0.5, 0.6) is 5.75 Å². The van der Waals surface area contributed by atoms with Crippen molar-refractivity contribution in [1.29, 1.82) is 0 Å². The summed E-state index contributed by atoms with van der Waals surface area (Å²) in [6, 6.07) is 7.57. The number of hydrogen-bond donors (Lipinski definition) is 2. The minimum Gasteiger partial charge on any atom is -0.481 e. The van der Waals surface area contributed by atoms with Crippen molar-refractivity contribution in [3.63, 3.8) is 0 Å². The highest BCUT2D eigenvalue weighted by Crippen LogP contribution is 2.26. The largest absolute Gasteiger partial charge is 0.481 e. The Bertz CT molecular complexity index is 614. The van der Waals surface area contributed by atoms with Crippen molar-refractivity contribution in [1.82, 2.24) is 5.32 Å². The molecule has 0 aromatic heterocycles. The molecule has 0 saturated carbocycles. The molecule has 1 amide bonds. The number of carbonyl (C=O) groups is 2. The summed E-state index contributed by atoms with van der Waals surface area (Å²) < 4.78 is 10.8. The number of amides is 1. The van der Waals surface area contributed by atoms with E-state index >= 15 is 0 Å². The first kappa shape index (κ1) is 18.3. The van der Waals surface area contributed by atoms with Gasteiger partial charge in [0.2, 0.25) is 0 Å². The van der Waals surface area contributed by atoms with Gasteiger partial charge in [-0.05, 0) is 30.0 Å². The Morgan fingerprint density at radius 3 is 2.62 bits per heavy atom. The van der Waals surface area contributed by atoms with Gasteiger partial charge in [0.25, 0.3) is 5.91 Å². The molecule has 1 fully saturated rings. The van der Waals surface area contributed by atoms with Gasteiger partial charge in [-0.3, -0.25) is 4.79 Å². The van der Waals surface area contributed by atoms with Crippen molar-refractivity contribution in [2.75, 3.05) is 13.2 Å². The highest BCUT2D eigenvalue weighted by atomic mass is 16.5. The molecule has 0 radical (unpaired) electrons. The van der Waals surface area contributed by atoms with E-state index in [1.165, 1.54) is 0 Å². The number of nitrogens with one attached hydrogen (secondary N) is 1. The number of aliphatic carboxylic acids is 1. The summed E-state index contributed by atoms with van der Waals surface area (Å²) >= 11 is 0.